The number of alkyl halides is 6. The molecule has 12 nitrogen and oxygen atoms in total. The minimum Gasteiger partial charge on any atom is -0.450 e. The van der Waals surface area contributed by atoms with Gasteiger partial charge < -0.3 is 29.6 Å². The topological polar surface area (TPSA) is 192 Å². The monoisotopic (exact) mass is 999 g/mol. The number of aromatic amines is 2. The van der Waals surface area contributed by atoms with Crippen LogP contribution in [0.3, 0.4) is 0 Å². The van der Waals surface area contributed by atoms with Gasteiger partial charge in [-0.1, -0.05) is 101 Å². The maximum Gasteiger partial charge on any atom is 0.417 e. The lowest BCUT2D eigenvalue weighted by Crippen LogP contribution is -2.24. The van der Waals surface area contributed by atoms with Crippen LogP contribution in [0, 0.1) is 10.8 Å². The Morgan fingerprint density at radius 3 is 1.53 bits per heavy atom. The summed E-state index contributed by atoms with van der Waals surface area (Å²) >= 11 is 28.1. The lowest BCUT2D eigenvalue weighted by molar-refractivity contribution is -0.137. The molecule has 62 heavy (non-hydrogen) atoms. The summed E-state index contributed by atoms with van der Waals surface area (Å²) in [7, 11) is 0.447. The molecule has 0 saturated carbocycles. The number of hydrogen-bond acceptors (Lipinski definition) is 7. The third kappa shape index (κ3) is 10.9. The number of hydrogen-bond donors (Lipinski definition) is 5. The normalized spacial score (nSPS) is 11.4. The third-order valence-corrected chi connectivity index (χ3v) is 10.5. The van der Waals surface area contributed by atoms with E-state index in [4.69, 9.17) is 62.2 Å². The van der Waals surface area contributed by atoms with Crippen molar-refractivity contribution in [3.8, 4) is 11.4 Å². The Balaban J connectivity index is 0.000000191. The van der Waals surface area contributed by atoms with Crippen LogP contribution >= 0.6 is 62.3 Å². The van der Waals surface area contributed by atoms with Gasteiger partial charge in [-0.3, -0.25) is 10.8 Å². The van der Waals surface area contributed by atoms with Gasteiger partial charge >= 0.3 is 19.8 Å². The van der Waals surface area contributed by atoms with Gasteiger partial charge in [0.1, 0.15) is 16.9 Å². The largest absolute Gasteiger partial charge is 0.450 e. The Morgan fingerprint density at radius 2 is 1.06 bits per heavy atom. The molecule has 8 aromatic rings. The molecule has 4 aromatic heterocycles. The zero-order chi connectivity index (χ0) is 44.2. The molecule has 0 unspecified atom stereocenters. The number of fused-ring (bicyclic) bond motifs is 2. The van der Waals surface area contributed by atoms with Gasteiger partial charge in [-0.05, 0) is 51.7 Å². The van der Waals surface area contributed by atoms with E-state index in [0.29, 0.717) is 55.6 Å². The van der Waals surface area contributed by atoms with Crippen molar-refractivity contribution in [2.45, 2.75) is 25.4 Å². The fourth-order valence-electron chi connectivity index (χ4n) is 5.81. The summed E-state index contributed by atoms with van der Waals surface area (Å²) in [6.45, 7) is 0.618. The predicted molar refractivity (Wildman–Crippen MR) is 227 cm³/mol. The zero-order valence-corrected chi connectivity index (χ0v) is 35.6. The summed E-state index contributed by atoms with van der Waals surface area (Å²) in [4.78, 5) is 22.4. The van der Waals surface area contributed by atoms with Crippen molar-refractivity contribution in [1.29, 1.82) is 10.8 Å². The molecule has 0 aliphatic heterocycles. The molecule has 4 heterocycles. The van der Waals surface area contributed by atoms with Crippen molar-refractivity contribution < 1.29 is 36.8 Å². The number of nitrogens with zero attached hydrogens (tertiary/aromatic N) is 6. The van der Waals surface area contributed by atoms with Gasteiger partial charge in [-0.25, -0.2) is 19.9 Å². The molecule has 24 heteroatoms. The second-order valence-corrected chi connectivity index (χ2v) is 15.0. The summed E-state index contributed by atoms with van der Waals surface area (Å²) in [6.07, 6.45) is -6.02. The van der Waals surface area contributed by atoms with Crippen LogP contribution < -0.4 is 16.4 Å². The molecule has 8 rings (SSSR count). The van der Waals surface area contributed by atoms with E-state index in [9.17, 15) is 26.3 Å². The molecule has 7 N–H and O–H groups in total. The summed E-state index contributed by atoms with van der Waals surface area (Å²) in [5, 5.41) is 26.3. The smallest absolute Gasteiger partial charge is 0.417 e. The fraction of sp³-hybridized carbons (Fsp3) is 0.105. The van der Waals surface area contributed by atoms with Gasteiger partial charge in [0.25, 0.3) is 0 Å². The molecule has 1 radical (unpaired) electrons. The number of imidazole rings is 2. The Morgan fingerprint density at radius 1 is 0.629 bits per heavy atom. The minimum atomic E-state index is -4.54. The second kappa shape index (κ2) is 19.9. The SMILES string of the molecule is N=c1ncn(Cc2c(Cl)cccc2Cl)c2nc(-c3ccccc3C(F)(F)F)[nH]c12.N=c1ncn(Cc2c(Cl)cccc2Cl)c2nc(Br)[nH]c12.O.O[B]c1ccccc1C(F)(F)F. The Labute approximate surface area is 374 Å². The van der Waals surface area contributed by atoms with Gasteiger partial charge in [0.15, 0.2) is 27.0 Å². The van der Waals surface area contributed by atoms with Gasteiger partial charge in [-0.2, -0.15) is 26.3 Å². The van der Waals surface area contributed by atoms with Gasteiger partial charge in [0, 0.05) is 36.8 Å². The molecular formula is C38H27BBrCl4F6N10O2. The first-order valence-electron chi connectivity index (χ1n) is 17.2. The average molecular weight is 1000 g/mol. The zero-order valence-electron chi connectivity index (χ0n) is 31.0. The molecule has 0 aliphatic rings. The predicted octanol–water partition coefficient (Wildman–Crippen LogP) is 8.75. The van der Waals surface area contributed by atoms with Crippen LogP contribution in [0.15, 0.2) is 102 Å². The van der Waals surface area contributed by atoms with E-state index in [1.807, 2.05) is 0 Å². The lowest BCUT2D eigenvalue weighted by atomic mass is 9.84. The summed E-state index contributed by atoms with van der Waals surface area (Å²) < 4.78 is 80.4. The Bertz CT molecular complexity index is 2960. The summed E-state index contributed by atoms with van der Waals surface area (Å²) in [5.41, 5.74) is 1.09. The molecule has 0 bridgehead atoms. The number of benzene rings is 4. The summed E-state index contributed by atoms with van der Waals surface area (Å²) in [5.74, 6) is -0.00608. The van der Waals surface area contributed by atoms with Crippen LogP contribution in [-0.2, 0) is 25.4 Å². The molecule has 0 fully saturated rings. The third-order valence-electron chi connectivity index (χ3n) is 8.68. The van der Waals surface area contributed by atoms with E-state index >= 15 is 0 Å². The first-order chi connectivity index (χ1) is 28.9. The molecule has 0 amide bonds. The summed E-state index contributed by atoms with van der Waals surface area (Å²) in [6, 6.07) is 20.4. The number of nitrogens with one attached hydrogen (secondary N) is 4. The lowest BCUT2D eigenvalue weighted by Gasteiger charge is -2.11. The van der Waals surface area contributed by atoms with Crippen molar-refractivity contribution in [2.75, 3.05) is 0 Å². The Kier molecular flexibility index (Phi) is 15.3. The van der Waals surface area contributed by atoms with Crippen LogP contribution in [0.25, 0.3) is 33.7 Å². The fourth-order valence-corrected chi connectivity index (χ4v) is 7.21. The highest BCUT2D eigenvalue weighted by atomic mass is 79.9. The van der Waals surface area contributed by atoms with E-state index in [-0.39, 0.29) is 51.0 Å². The highest BCUT2D eigenvalue weighted by Gasteiger charge is 2.34. The molecular weight excluding hydrogens is 975 g/mol. The molecule has 0 spiro atoms. The van der Waals surface area contributed by atoms with Crippen LogP contribution in [-0.4, -0.2) is 57.0 Å². The van der Waals surface area contributed by atoms with Crippen molar-refractivity contribution in [1.82, 2.24) is 39.0 Å². The van der Waals surface area contributed by atoms with Crippen molar-refractivity contribution in [3.05, 3.63) is 156 Å². The number of rotatable bonds is 6. The highest BCUT2D eigenvalue weighted by Crippen LogP contribution is 2.36. The van der Waals surface area contributed by atoms with Gasteiger partial charge in [0.05, 0.1) is 36.9 Å². The van der Waals surface area contributed by atoms with E-state index in [2.05, 4.69) is 45.8 Å². The molecule has 321 valence electrons. The minimum absolute atomic E-state index is 0. The maximum absolute atomic E-state index is 13.4. The molecule has 4 aromatic carbocycles. The average Bonchev–Trinajstić information content (AvgIpc) is 3.85. The number of halogens is 11. The second-order valence-electron chi connectivity index (χ2n) is 12.6. The van der Waals surface area contributed by atoms with Crippen LogP contribution in [0.5, 0.6) is 0 Å². The van der Waals surface area contributed by atoms with E-state index in [1.54, 1.807) is 51.9 Å². The van der Waals surface area contributed by atoms with Crippen molar-refractivity contribution in [3.63, 3.8) is 0 Å². The van der Waals surface area contributed by atoms with Crippen LogP contribution in [0.2, 0.25) is 20.1 Å². The highest BCUT2D eigenvalue weighted by molar-refractivity contribution is 9.10. The van der Waals surface area contributed by atoms with Crippen molar-refractivity contribution in [2.24, 2.45) is 0 Å². The van der Waals surface area contributed by atoms with Crippen molar-refractivity contribution >= 4 is 97.6 Å². The van der Waals surface area contributed by atoms with E-state index < -0.39 is 23.5 Å². The first-order valence-corrected chi connectivity index (χ1v) is 19.5. The number of H-pyrrole nitrogens is 2. The Hall–Kier alpha value is -5.22. The van der Waals surface area contributed by atoms with E-state index in [1.165, 1.54) is 42.7 Å². The standard InChI is InChI=1S/C19H12Cl2F3N5.C12H8BrCl2N5.C7H5BF3O.H2O/c20-13-6-3-7-14(21)11(13)8-29-9-26-16(25)15-18(29)28-17(27-15)10-4-1-2-5-12(10)19(22,23)24;13-12-18-9-10(16)17-5-20(11(9)19-12)4-6-7(14)2-1-3-8(6)15;9-7(10,11)5-3-1-2-4-6(5)8-12;/h1-7,9,25H,8H2,(H,27,28);1-3,5,16H,4H2,(H,18,19);1-4,12H;1H2. The first kappa shape index (κ1) is 47.8. The quantitative estimate of drug-likeness (QED) is 0.0631. The molecule has 0 aliphatic carbocycles. The van der Waals surface area contributed by atoms with Crippen LogP contribution in [0.4, 0.5) is 26.3 Å². The van der Waals surface area contributed by atoms with E-state index in [0.717, 1.165) is 17.7 Å². The molecule has 0 atom stereocenters. The van der Waals surface area contributed by atoms with Gasteiger partial charge in [0.2, 0.25) is 0 Å². The maximum atomic E-state index is 13.4. The molecule has 0 saturated heterocycles. The van der Waals surface area contributed by atoms with Gasteiger partial charge in [-0.15, -0.1) is 0 Å². The van der Waals surface area contributed by atoms with Crippen LogP contribution in [0.1, 0.15) is 22.3 Å². The number of aromatic nitrogens is 8.